The Balaban J connectivity index is 1.80. The number of hydrogen-bond donors (Lipinski definition) is 1. The van der Waals surface area contributed by atoms with Gasteiger partial charge in [-0.3, -0.25) is 4.79 Å². The minimum absolute atomic E-state index is 0.0182. The van der Waals surface area contributed by atoms with E-state index in [-0.39, 0.29) is 12.5 Å². The Bertz CT molecular complexity index is 605. The van der Waals surface area contributed by atoms with E-state index in [1.165, 1.54) is 0 Å². The number of carbonyl (C=O) groups is 1. The first-order chi connectivity index (χ1) is 9.54. The zero-order valence-electron chi connectivity index (χ0n) is 11.9. The molecule has 106 valence electrons. The number of amides is 1. The number of rotatable bonds is 5. The molecule has 5 nitrogen and oxygen atoms in total. The van der Waals surface area contributed by atoms with Gasteiger partial charge in [0.1, 0.15) is 11.5 Å². The zero-order chi connectivity index (χ0) is 14.5. The van der Waals surface area contributed by atoms with Gasteiger partial charge in [0, 0.05) is 6.92 Å². The van der Waals surface area contributed by atoms with Crippen LogP contribution in [0.4, 0.5) is 0 Å². The average molecular weight is 274 g/mol. The van der Waals surface area contributed by atoms with Gasteiger partial charge in [-0.2, -0.15) is 0 Å². The molecule has 1 N–H and O–H groups in total. The minimum atomic E-state index is -0.194. The molecule has 0 aliphatic carbocycles. The normalized spacial score (nSPS) is 10.3. The molecule has 2 rings (SSSR count). The molecule has 0 atom stereocenters. The molecule has 1 aromatic carbocycles. The van der Waals surface area contributed by atoms with Crippen molar-refractivity contribution in [3.63, 3.8) is 0 Å². The van der Waals surface area contributed by atoms with Crippen LogP contribution < -0.4 is 10.1 Å². The molecular formula is C15H18N2O3. The molecule has 0 radical (unpaired) electrons. The van der Waals surface area contributed by atoms with Gasteiger partial charge in [-0.15, -0.1) is 0 Å². The number of hydrogen-bond acceptors (Lipinski definition) is 4. The lowest BCUT2D eigenvalue weighted by atomic mass is 10.2. The second kappa shape index (κ2) is 6.23. The monoisotopic (exact) mass is 274 g/mol. The Morgan fingerprint density at radius 2 is 2.15 bits per heavy atom. The van der Waals surface area contributed by atoms with Gasteiger partial charge in [0.15, 0.2) is 12.5 Å². The Kier molecular flexibility index (Phi) is 4.40. The third-order valence-corrected chi connectivity index (χ3v) is 2.81. The number of nitrogens with one attached hydrogen (secondary N) is 1. The summed E-state index contributed by atoms with van der Waals surface area (Å²) in [5.74, 6) is 1.76. The highest BCUT2D eigenvalue weighted by atomic mass is 16.5. The van der Waals surface area contributed by atoms with Crippen LogP contribution in [0.15, 0.2) is 28.7 Å². The number of carbonyl (C=O) groups excluding carboxylic acids is 1. The van der Waals surface area contributed by atoms with E-state index in [1.54, 1.807) is 6.92 Å². The summed E-state index contributed by atoms with van der Waals surface area (Å²) in [7, 11) is 0. The first kappa shape index (κ1) is 14.1. The van der Waals surface area contributed by atoms with E-state index in [0.29, 0.717) is 23.9 Å². The molecule has 0 unspecified atom stereocenters. The van der Waals surface area contributed by atoms with Gasteiger partial charge in [0.25, 0.3) is 5.91 Å². The van der Waals surface area contributed by atoms with Gasteiger partial charge in [-0.05, 0) is 31.5 Å². The molecule has 0 aliphatic heterocycles. The maximum atomic E-state index is 11.7. The van der Waals surface area contributed by atoms with Crippen LogP contribution in [0, 0.1) is 20.8 Å². The van der Waals surface area contributed by atoms with Crippen LogP contribution in [-0.4, -0.2) is 17.5 Å². The van der Waals surface area contributed by atoms with E-state index < -0.39 is 0 Å². The van der Waals surface area contributed by atoms with Crippen LogP contribution in [0.5, 0.6) is 5.75 Å². The molecule has 20 heavy (non-hydrogen) atoms. The van der Waals surface area contributed by atoms with E-state index in [1.807, 2.05) is 38.1 Å². The lowest BCUT2D eigenvalue weighted by Crippen LogP contribution is -2.28. The van der Waals surface area contributed by atoms with E-state index in [2.05, 4.69) is 10.3 Å². The summed E-state index contributed by atoms with van der Waals surface area (Å²) in [6.07, 6.45) is 0. The minimum Gasteiger partial charge on any atom is -0.484 e. The summed E-state index contributed by atoms with van der Waals surface area (Å²) in [6.45, 7) is 5.90. The van der Waals surface area contributed by atoms with Crippen molar-refractivity contribution in [3.8, 4) is 5.75 Å². The summed E-state index contributed by atoms with van der Waals surface area (Å²) >= 11 is 0. The Morgan fingerprint density at radius 1 is 1.35 bits per heavy atom. The van der Waals surface area contributed by atoms with Gasteiger partial charge in [0.05, 0.1) is 12.2 Å². The lowest BCUT2D eigenvalue weighted by molar-refractivity contribution is -0.123. The van der Waals surface area contributed by atoms with Crippen molar-refractivity contribution < 1.29 is 13.9 Å². The van der Waals surface area contributed by atoms with Crippen molar-refractivity contribution in [2.24, 2.45) is 0 Å². The van der Waals surface area contributed by atoms with Crippen molar-refractivity contribution in [2.75, 3.05) is 6.61 Å². The van der Waals surface area contributed by atoms with Gasteiger partial charge in [-0.1, -0.05) is 12.1 Å². The standard InChI is InChI=1S/C15H18N2O3/c1-10-5-4-6-13(7-10)19-9-15(18)16-8-14-11(2)17-12(3)20-14/h4-7H,8-9H2,1-3H3,(H,16,18). The Hall–Kier alpha value is -2.30. The maximum Gasteiger partial charge on any atom is 0.258 e. The Labute approximate surface area is 118 Å². The molecule has 2 aromatic rings. The van der Waals surface area contributed by atoms with Crippen LogP contribution in [-0.2, 0) is 11.3 Å². The SMILES string of the molecule is Cc1cccc(OCC(=O)NCc2oc(C)nc2C)c1. The predicted octanol–water partition coefficient (Wildman–Crippen LogP) is 2.30. The van der Waals surface area contributed by atoms with Crippen molar-refractivity contribution in [1.29, 1.82) is 0 Å². The fraction of sp³-hybridized carbons (Fsp3) is 0.333. The third-order valence-electron chi connectivity index (χ3n) is 2.81. The van der Waals surface area contributed by atoms with E-state index in [4.69, 9.17) is 9.15 Å². The van der Waals surface area contributed by atoms with Crippen LogP contribution in [0.2, 0.25) is 0 Å². The van der Waals surface area contributed by atoms with Gasteiger partial charge in [-0.25, -0.2) is 4.98 Å². The van der Waals surface area contributed by atoms with Crippen molar-refractivity contribution in [1.82, 2.24) is 10.3 Å². The number of aromatic nitrogens is 1. The molecule has 0 spiro atoms. The highest BCUT2D eigenvalue weighted by Crippen LogP contribution is 2.12. The van der Waals surface area contributed by atoms with E-state index >= 15 is 0 Å². The first-order valence-corrected chi connectivity index (χ1v) is 6.43. The summed E-state index contributed by atoms with van der Waals surface area (Å²) in [6, 6.07) is 7.58. The molecule has 0 saturated carbocycles. The van der Waals surface area contributed by atoms with Gasteiger partial charge in [0.2, 0.25) is 0 Å². The topological polar surface area (TPSA) is 64.4 Å². The number of nitrogens with zero attached hydrogens (tertiary/aromatic N) is 1. The molecule has 5 heteroatoms. The lowest BCUT2D eigenvalue weighted by Gasteiger charge is -2.07. The van der Waals surface area contributed by atoms with Crippen LogP contribution in [0.1, 0.15) is 22.9 Å². The fourth-order valence-corrected chi connectivity index (χ4v) is 1.82. The second-order valence-corrected chi connectivity index (χ2v) is 4.62. The van der Waals surface area contributed by atoms with Gasteiger partial charge >= 0.3 is 0 Å². The number of benzene rings is 1. The summed E-state index contributed by atoms with van der Waals surface area (Å²) in [5.41, 5.74) is 1.89. The van der Waals surface area contributed by atoms with Gasteiger partial charge < -0.3 is 14.5 Å². The average Bonchev–Trinajstić information content (AvgIpc) is 2.72. The van der Waals surface area contributed by atoms with E-state index in [9.17, 15) is 4.79 Å². The highest BCUT2D eigenvalue weighted by Gasteiger charge is 2.09. The molecule has 1 amide bonds. The molecule has 0 bridgehead atoms. The summed E-state index contributed by atoms with van der Waals surface area (Å²) in [4.78, 5) is 15.8. The van der Waals surface area contributed by atoms with Crippen molar-refractivity contribution in [3.05, 3.63) is 47.2 Å². The van der Waals surface area contributed by atoms with Crippen molar-refractivity contribution in [2.45, 2.75) is 27.3 Å². The zero-order valence-corrected chi connectivity index (χ0v) is 11.9. The molecular weight excluding hydrogens is 256 g/mol. The number of aryl methyl sites for hydroxylation is 3. The quantitative estimate of drug-likeness (QED) is 0.908. The molecule has 1 heterocycles. The molecule has 0 fully saturated rings. The fourth-order valence-electron chi connectivity index (χ4n) is 1.82. The Morgan fingerprint density at radius 3 is 2.80 bits per heavy atom. The number of oxazole rings is 1. The predicted molar refractivity (Wildman–Crippen MR) is 74.5 cm³/mol. The highest BCUT2D eigenvalue weighted by molar-refractivity contribution is 5.77. The largest absolute Gasteiger partial charge is 0.484 e. The summed E-state index contributed by atoms with van der Waals surface area (Å²) < 4.78 is 10.8. The molecule has 1 aromatic heterocycles. The van der Waals surface area contributed by atoms with Crippen LogP contribution >= 0.6 is 0 Å². The molecule has 0 aliphatic rings. The van der Waals surface area contributed by atoms with Crippen LogP contribution in [0.25, 0.3) is 0 Å². The molecule has 0 saturated heterocycles. The number of ether oxygens (including phenoxy) is 1. The van der Waals surface area contributed by atoms with E-state index in [0.717, 1.165) is 11.3 Å². The first-order valence-electron chi connectivity index (χ1n) is 6.43. The summed E-state index contributed by atoms with van der Waals surface area (Å²) in [5, 5.41) is 2.74. The maximum absolute atomic E-state index is 11.7. The smallest absolute Gasteiger partial charge is 0.258 e. The third kappa shape index (κ3) is 3.85. The second-order valence-electron chi connectivity index (χ2n) is 4.62. The van der Waals surface area contributed by atoms with Crippen molar-refractivity contribution >= 4 is 5.91 Å². The van der Waals surface area contributed by atoms with Crippen LogP contribution in [0.3, 0.4) is 0 Å².